The molecule has 0 amide bonds. The maximum absolute atomic E-state index is 6.15. The Morgan fingerprint density at radius 1 is 0.900 bits per heavy atom. The molecule has 0 atom stereocenters. The molecule has 2 rings (SSSR count). The largest absolute Gasteiger partial charge is 0.425 e. The number of rotatable bonds is 8. The van der Waals surface area contributed by atoms with E-state index in [4.69, 9.17) is 12.3 Å². The predicted molar refractivity (Wildman–Crippen MR) is 90.4 cm³/mol. The standard InChI is InChI=1S/C14H26O3Si3/c1-2-3-4-5-6-10-13-20(16-18-15-19-17-20)14-11-8-7-9-12-14/h7-9,11-12H,2-6,10,13,18-19H2,1H3. The molecule has 112 valence electrons. The summed E-state index contributed by atoms with van der Waals surface area (Å²) in [4.78, 5) is 0. The van der Waals surface area contributed by atoms with E-state index >= 15 is 0 Å². The fraction of sp³-hybridized carbons (Fsp3) is 0.571. The molecule has 0 N–H and O–H groups in total. The van der Waals surface area contributed by atoms with Gasteiger partial charge in [-0.2, -0.15) is 0 Å². The van der Waals surface area contributed by atoms with Crippen LogP contribution in [0.15, 0.2) is 30.3 Å². The van der Waals surface area contributed by atoms with Crippen LogP contribution in [0, 0.1) is 0 Å². The van der Waals surface area contributed by atoms with E-state index in [9.17, 15) is 0 Å². The quantitative estimate of drug-likeness (QED) is 0.538. The Bertz CT molecular complexity index is 369. The fourth-order valence-corrected chi connectivity index (χ4v) is 11.9. The van der Waals surface area contributed by atoms with Gasteiger partial charge in [-0.15, -0.1) is 0 Å². The molecule has 1 aliphatic rings. The van der Waals surface area contributed by atoms with Gasteiger partial charge >= 0.3 is 8.56 Å². The van der Waals surface area contributed by atoms with Crippen LogP contribution in [-0.2, 0) is 12.3 Å². The zero-order valence-electron chi connectivity index (χ0n) is 12.5. The fourth-order valence-electron chi connectivity index (χ4n) is 2.63. The van der Waals surface area contributed by atoms with Gasteiger partial charge in [0.05, 0.1) is 0 Å². The molecule has 6 heteroatoms. The molecule has 3 nitrogen and oxygen atoms in total. The third-order valence-corrected chi connectivity index (χ3v) is 12.1. The monoisotopic (exact) mass is 326 g/mol. The van der Waals surface area contributed by atoms with Crippen LogP contribution in [0.25, 0.3) is 0 Å². The second-order valence-corrected chi connectivity index (χ2v) is 12.4. The summed E-state index contributed by atoms with van der Waals surface area (Å²) in [5.74, 6) is 0. The first-order valence-electron chi connectivity index (χ1n) is 7.78. The van der Waals surface area contributed by atoms with E-state index < -0.39 is 28.6 Å². The van der Waals surface area contributed by atoms with Crippen molar-refractivity contribution >= 4 is 33.8 Å². The van der Waals surface area contributed by atoms with Crippen LogP contribution in [0.3, 0.4) is 0 Å². The van der Waals surface area contributed by atoms with Gasteiger partial charge in [0.25, 0.3) is 20.0 Å². The molecule has 0 radical (unpaired) electrons. The molecule has 0 unspecified atom stereocenters. The van der Waals surface area contributed by atoms with Crippen molar-refractivity contribution in [1.29, 1.82) is 0 Å². The SMILES string of the molecule is CCCCCCCC[Si]1(c2ccccc2)O[SiH2]O[SiH2]O1. The normalized spacial score (nSPS) is 25.2. The van der Waals surface area contributed by atoms with Crippen LogP contribution in [0.1, 0.15) is 45.4 Å². The molecule has 0 spiro atoms. The van der Waals surface area contributed by atoms with E-state index in [0.29, 0.717) is 0 Å². The average Bonchev–Trinajstić information content (AvgIpc) is 2.52. The Morgan fingerprint density at radius 3 is 2.25 bits per heavy atom. The predicted octanol–water partition coefficient (Wildman–Crippen LogP) is 1.76. The lowest BCUT2D eigenvalue weighted by molar-refractivity contribution is 0.304. The lowest BCUT2D eigenvalue weighted by atomic mass is 10.1. The third-order valence-electron chi connectivity index (χ3n) is 3.82. The van der Waals surface area contributed by atoms with Gasteiger partial charge in [-0.1, -0.05) is 75.8 Å². The highest BCUT2D eigenvalue weighted by molar-refractivity contribution is 6.87. The van der Waals surface area contributed by atoms with Gasteiger partial charge in [0, 0.05) is 0 Å². The Labute approximate surface area is 128 Å². The van der Waals surface area contributed by atoms with E-state index in [2.05, 4.69) is 37.3 Å². The van der Waals surface area contributed by atoms with Crippen molar-refractivity contribution in [2.75, 3.05) is 0 Å². The maximum atomic E-state index is 6.15. The molecule has 1 heterocycles. The lowest BCUT2D eigenvalue weighted by Gasteiger charge is -2.35. The summed E-state index contributed by atoms with van der Waals surface area (Å²) in [5, 5.41) is 1.30. The van der Waals surface area contributed by atoms with Gasteiger partial charge < -0.3 is 12.3 Å². The molecule has 20 heavy (non-hydrogen) atoms. The third kappa shape index (κ3) is 4.64. The Balaban J connectivity index is 1.88. The minimum Gasteiger partial charge on any atom is -0.425 e. The topological polar surface area (TPSA) is 27.7 Å². The number of benzene rings is 1. The molecule has 1 aliphatic heterocycles. The molecule has 1 aromatic carbocycles. The highest BCUT2D eigenvalue weighted by atomic mass is 28.5. The van der Waals surface area contributed by atoms with Gasteiger partial charge in [-0.05, 0) is 11.2 Å². The summed E-state index contributed by atoms with van der Waals surface area (Å²) in [6, 6.07) is 11.7. The minimum atomic E-state index is -2.13. The van der Waals surface area contributed by atoms with Crippen molar-refractivity contribution in [3.05, 3.63) is 30.3 Å². The zero-order valence-corrected chi connectivity index (χ0v) is 16.3. The van der Waals surface area contributed by atoms with Crippen molar-refractivity contribution in [3.63, 3.8) is 0 Å². The highest BCUT2D eigenvalue weighted by Crippen LogP contribution is 2.20. The van der Waals surface area contributed by atoms with Crippen LogP contribution < -0.4 is 5.19 Å². The molecule has 0 aromatic heterocycles. The van der Waals surface area contributed by atoms with Crippen LogP contribution in [0.5, 0.6) is 0 Å². The molecule has 1 fully saturated rings. The van der Waals surface area contributed by atoms with Gasteiger partial charge in [-0.3, -0.25) is 0 Å². The summed E-state index contributed by atoms with van der Waals surface area (Å²) in [7, 11) is -3.71. The molecule has 1 aromatic rings. The lowest BCUT2D eigenvalue weighted by Crippen LogP contribution is -2.58. The van der Waals surface area contributed by atoms with Crippen molar-refractivity contribution in [2.45, 2.75) is 51.5 Å². The van der Waals surface area contributed by atoms with Crippen molar-refractivity contribution in [2.24, 2.45) is 0 Å². The smallest absolute Gasteiger partial charge is 0.354 e. The van der Waals surface area contributed by atoms with Crippen molar-refractivity contribution in [1.82, 2.24) is 0 Å². The van der Waals surface area contributed by atoms with E-state index in [1.807, 2.05) is 0 Å². The molecule has 1 saturated heterocycles. The van der Waals surface area contributed by atoms with Crippen LogP contribution in [0.2, 0.25) is 6.04 Å². The first kappa shape index (κ1) is 16.1. The van der Waals surface area contributed by atoms with Crippen molar-refractivity contribution in [3.8, 4) is 0 Å². The molecule has 0 saturated carbocycles. The second-order valence-electron chi connectivity index (χ2n) is 5.37. The van der Waals surface area contributed by atoms with Gasteiger partial charge in [0.2, 0.25) is 0 Å². The van der Waals surface area contributed by atoms with Crippen LogP contribution in [0.4, 0.5) is 0 Å². The van der Waals surface area contributed by atoms with Crippen molar-refractivity contribution < 1.29 is 12.3 Å². The van der Waals surface area contributed by atoms with Crippen LogP contribution in [-0.4, -0.2) is 28.6 Å². The second kappa shape index (κ2) is 8.91. The summed E-state index contributed by atoms with van der Waals surface area (Å²) in [5.41, 5.74) is 0. The maximum Gasteiger partial charge on any atom is 0.354 e. The zero-order chi connectivity index (χ0) is 14.1. The first-order chi connectivity index (χ1) is 9.87. The number of hydrogen-bond donors (Lipinski definition) is 0. The van der Waals surface area contributed by atoms with E-state index in [0.717, 1.165) is 6.04 Å². The Hall–Kier alpha value is -0.249. The number of unbranched alkanes of at least 4 members (excludes halogenated alkanes) is 5. The van der Waals surface area contributed by atoms with Gasteiger partial charge in [0.15, 0.2) is 0 Å². The van der Waals surface area contributed by atoms with E-state index in [1.165, 1.54) is 43.7 Å². The minimum absolute atomic E-state index is 0.789. The van der Waals surface area contributed by atoms with Gasteiger partial charge in [-0.25, -0.2) is 0 Å². The molecule has 0 bridgehead atoms. The Morgan fingerprint density at radius 2 is 1.55 bits per heavy atom. The summed E-state index contributed by atoms with van der Waals surface area (Å²) < 4.78 is 17.8. The summed E-state index contributed by atoms with van der Waals surface area (Å²) in [6.07, 6.45) is 7.92. The summed E-state index contributed by atoms with van der Waals surface area (Å²) >= 11 is 0. The highest BCUT2D eigenvalue weighted by Gasteiger charge is 2.41. The van der Waals surface area contributed by atoms with E-state index in [1.54, 1.807) is 0 Å². The summed E-state index contributed by atoms with van der Waals surface area (Å²) in [6.45, 7) is 2.26. The Kier molecular flexibility index (Phi) is 7.18. The van der Waals surface area contributed by atoms with E-state index in [-0.39, 0.29) is 0 Å². The molecular weight excluding hydrogens is 300 g/mol. The average molecular weight is 327 g/mol. The molecule has 0 aliphatic carbocycles. The number of hydrogen-bond acceptors (Lipinski definition) is 3. The molecular formula is C14H26O3Si3. The van der Waals surface area contributed by atoms with Crippen LogP contribution >= 0.6 is 0 Å². The van der Waals surface area contributed by atoms with Gasteiger partial charge in [0.1, 0.15) is 0 Å². The first-order valence-corrected chi connectivity index (χ1v) is 12.1.